The van der Waals surface area contributed by atoms with E-state index in [-0.39, 0.29) is 5.84 Å². The van der Waals surface area contributed by atoms with E-state index < -0.39 is 5.97 Å². The molecule has 9 heteroatoms. The molecule has 1 rings (SSSR count). The van der Waals surface area contributed by atoms with Gasteiger partial charge in [-0.2, -0.15) is 20.5 Å². The van der Waals surface area contributed by atoms with Crippen LogP contribution in [-0.2, 0) is 10.5 Å². The lowest BCUT2D eigenvalue weighted by molar-refractivity contribution is -0.129. The molecule has 0 radical (unpaired) electrons. The van der Waals surface area contributed by atoms with Gasteiger partial charge in [-0.05, 0) is 0 Å². The maximum Gasteiger partial charge on any atom is 0.370 e. The highest BCUT2D eigenvalue weighted by Crippen LogP contribution is 2.18. The van der Waals surface area contributed by atoms with Gasteiger partial charge in [0.05, 0.1) is 18.3 Å². The summed E-state index contributed by atoms with van der Waals surface area (Å²) in [4.78, 5) is 14.0. The molecule has 88 valence electrons. The molecule has 0 saturated carbocycles. The van der Waals surface area contributed by atoms with Gasteiger partial charge < -0.3 is 10.8 Å². The molecule has 0 amide bonds. The number of hydrogen-bond acceptors (Lipinski definition) is 6. The van der Waals surface area contributed by atoms with Crippen LogP contribution in [0.4, 0.5) is 0 Å². The summed E-state index contributed by atoms with van der Waals surface area (Å²) in [6, 6.07) is 0. The highest BCUT2D eigenvalue weighted by atomic mass is 35.5. The van der Waals surface area contributed by atoms with Gasteiger partial charge in [0.2, 0.25) is 5.84 Å². The van der Waals surface area contributed by atoms with Crippen LogP contribution in [0.1, 0.15) is 5.69 Å². The molecule has 6 nitrogen and oxygen atoms in total. The molecule has 0 fully saturated rings. The van der Waals surface area contributed by atoms with Gasteiger partial charge in [-0.15, -0.1) is 0 Å². The summed E-state index contributed by atoms with van der Waals surface area (Å²) in [5, 5.41) is 8.85. The number of thioether (sulfide) groups is 1. The first-order chi connectivity index (χ1) is 7.61. The van der Waals surface area contributed by atoms with E-state index in [2.05, 4.69) is 13.7 Å². The van der Waals surface area contributed by atoms with Crippen molar-refractivity contribution < 1.29 is 9.90 Å². The lowest BCUT2D eigenvalue weighted by Crippen LogP contribution is -2.23. The van der Waals surface area contributed by atoms with Crippen molar-refractivity contribution in [2.45, 2.75) is 5.75 Å². The van der Waals surface area contributed by atoms with Gasteiger partial charge in [0.25, 0.3) is 0 Å². The number of aliphatic carboxylic acids is 1. The Morgan fingerprint density at radius 1 is 1.62 bits per heavy atom. The number of amidine groups is 1. The molecule has 0 bridgehead atoms. The molecule has 0 spiro atoms. The van der Waals surface area contributed by atoms with Crippen molar-refractivity contribution in [2.24, 2.45) is 10.7 Å². The van der Waals surface area contributed by atoms with Crippen LogP contribution in [0.25, 0.3) is 0 Å². The zero-order valence-corrected chi connectivity index (χ0v) is 10.5. The first kappa shape index (κ1) is 13.2. The van der Waals surface area contributed by atoms with Gasteiger partial charge in [0.15, 0.2) is 5.15 Å². The molecule has 0 aliphatic heterocycles. The molecule has 0 aliphatic rings. The number of rotatable bonds is 5. The quantitative estimate of drug-likeness (QED) is 0.471. The van der Waals surface area contributed by atoms with Crippen LogP contribution in [0.3, 0.4) is 0 Å². The number of nitrogens with two attached hydrogens (primary N) is 1. The van der Waals surface area contributed by atoms with E-state index >= 15 is 0 Å². The second-order valence-electron chi connectivity index (χ2n) is 2.63. The normalized spacial score (nSPS) is 11.7. The van der Waals surface area contributed by atoms with Crippen molar-refractivity contribution in [3.8, 4) is 0 Å². The number of halogens is 1. The van der Waals surface area contributed by atoms with Gasteiger partial charge in [-0.1, -0.05) is 11.6 Å². The van der Waals surface area contributed by atoms with Crippen LogP contribution in [0, 0.1) is 0 Å². The van der Waals surface area contributed by atoms with Crippen LogP contribution >= 0.6 is 35.1 Å². The van der Waals surface area contributed by atoms with Crippen LogP contribution < -0.4 is 5.73 Å². The number of carboxylic acid groups (broad SMARTS) is 1. The largest absolute Gasteiger partial charge is 0.475 e. The third-order valence-corrected chi connectivity index (χ3v) is 3.40. The lowest BCUT2D eigenvalue weighted by atomic mass is 10.6. The zero-order chi connectivity index (χ0) is 12.0. The Balaban J connectivity index is 2.20. The molecule has 1 aromatic heterocycles. The number of aliphatic imine (C=N–C) groups is 1. The molecular formula is C7H9ClN4O2S2. The summed E-state index contributed by atoms with van der Waals surface area (Å²) in [5.74, 6) is -0.273. The van der Waals surface area contributed by atoms with E-state index in [1.165, 1.54) is 0 Å². The fraction of sp³-hybridized carbons (Fsp3) is 0.429. The summed E-state index contributed by atoms with van der Waals surface area (Å²) in [6.45, 7) is 0.359. The second-order valence-corrected chi connectivity index (χ2v) is 4.62. The maximum atomic E-state index is 10.3. The Morgan fingerprint density at radius 3 is 2.94 bits per heavy atom. The van der Waals surface area contributed by atoms with Crippen molar-refractivity contribution in [1.29, 1.82) is 0 Å². The molecule has 0 aliphatic carbocycles. The predicted octanol–water partition coefficient (Wildman–Crippen LogP) is 0.867. The number of aromatic nitrogens is 2. The van der Waals surface area contributed by atoms with Gasteiger partial charge in [0.1, 0.15) is 5.69 Å². The van der Waals surface area contributed by atoms with E-state index in [9.17, 15) is 4.79 Å². The minimum atomic E-state index is -1.20. The average Bonchev–Trinajstić information content (AvgIpc) is 2.63. The van der Waals surface area contributed by atoms with Crippen molar-refractivity contribution in [3.05, 3.63) is 10.8 Å². The van der Waals surface area contributed by atoms with E-state index in [1.54, 1.807) is 11.8 Å². The van der Waals surface area contributed by atoms with Crippen LogP contribution in [-0.4, -0.2) is 38.0 Å². The molecule has 0 saturated heterocycles. The van der Waals surface area contributed by atoms with Crippen LogP contribution in [0.2, 0.25) is 5.15 Å². The van der Waals surface area contributed by atoms with Gasteiger partial charge in [0, 0.05) is 11.5 Å². The molecule has 0 aromatic carbocycles. The van der Waals surface area contributed by atoms with Crippen molar-refractivity contribution >= 4 is 46.9 Å². The molecule has 16 heavy (non-hydrogen) atoms. The van der Waals surface area contributed by atoms with E-state index in [0.29, 0.717) is 23.2 Å². The fourth-order valence-corrected chi connectivity index (χ4v) is 2.39. The SMILES string of the molecule is NC(=NCCSCc1nsnc1Cl)C(=O)O. The zero-order valence-electron chi connectivity index (χ0n) is 8.09. The predicted molar refractivity (Wildman–Crippen MR) is 65.2 cm³/mol. The van der Waals surface area contributed by atoms with Gasteiger partial charge in [-0.25, -0.2) is 4.79 Å². The summed E-state index contributed by atoms with van der Waals surface area (Å²) in [6.07, 6.45) is 0. The number of nitrogens with zero attached hydrogens (tertiary/aromatic N) is 3. The lowest BCUT2D eigenvalue weighted by Gasteiger charge is -1.97. The monoisotopic (exact) mass is 280 g/mol. The van der Waals surface area contributed by atoms with Gasteiger partial charge >= 0.3 is 5.97 Å². The third kappa shape index (κ3) is 4.33. The number of hydrogen-bond donors (Lipinski definition) is 2. The van der Waals surface area contributed by atoms with Crippen LogP contribution in [0.5, 0.6) is 0 Å². The third-order valence-electron chi connectivity index (χ3n) is 1.49. The summed E-state index contributed by atoms with van der Waals surface area (Å²) in [7, 11) is 0. The standard InChI is InChI=1S/C7H9ClN4O2S2/c8-5-4(11-16-12-5)3-15-2-1-10-6(9)7(13)14/h1-3H2,(H2,9,10)(H,13,14). The van der Waals surface area contributed by atoms with Crippen molar-refractivity contribution in [1.82, 2.24) is 8.75 Å². The topological polar surface area (TPSA) is 101 Å². The number of carbonyl (C=O) groups is 1. The highest BCUT2D eigenvalue weighted by Gasteiger charge is 2.05. The Labute approximate surface area is 105 Å². The van der Waals surface area contributed by atoms with E-state index in [0.717, 1.165) is 17.4 Å². The van der Waals surface area contributed by atoms with E-state index in [1.807, 2.05) is 0 Å². The molecule has 0 unspecified atom stereocenters. The highest BCUT2D eigenvalue weighted by molar-refractivity contribution is 7.98. The molecule has 0 atom stereocenters. The minimum absolute atomic E-state index is 0.359. The van der Waals surface area contributed by atoms with E-state index in [4.69, 9.17) is 22.4 Å². The Kier molecular flexibility index (Phi) is 5.50. The molecule has 3 N–H and O–H groups in total. The average molecular weight is 281 g/mol. The first-order valence-corrected chi connectivity index (χ1v) is 6.45. The second kappa shape index (κ2) is 6.66. The maximum absolute atomic E-state index is 10.3. The smallest absolute Gasteiger partial charge is 0.370 e. The summed E-state index contributed by atoms with van der Waals surface area (Å²) in [5.41, 5.74) is 5.86. The fourth-order valence-electron chi connectivity index (χ4n) is 0.749. The molecule has 1 aromatic rings. The Morgan fingerprint density at radius 2 is 2.38 bits per heavy atom. The molecular weight excluding hydrogens is 272 g/mol. The molecule has 1 heterocycles. The Hall–Kier alpha value is -0.860. The van der Waals surface area contributed by atoms with Crippen molar-refractivity contribution in [2.75, 3.05) is 12.3 Å². The minimum Gasteiger partial charge on any atom is -0.475 e. The summed E-state index contributed by atoms with van der Waals surface area (Å²) < 4.78 is 7.82. The first-order valence-electron chi connectivity index (χ1n) is 4.19. The van der Waals surface area contributed by atoms with Crippen molar-refractivity contribution in [3.63, 3.8) is 0 Å². The number of carboxylic acids is 1. The van der Waals surface area contributed by atoms with Crippen LogP contribution in [0.15, 0.2) is 4.99 Å². The summed E-state index contributed by atoms with van der Waals surface area (Å²) >= 11 is 8.35. The Bertz CT molecular complexity index is 395. The van der Waals surface area contributed by atoms with Gasteiger partial charge in [-0.3, -0.25) is 4.99 Å².